The summed E-state index contributed by atoms with van der Waals surface area (Å²) in [6, 6.07) is 17.2. The Bertz CT molecular complexity index is 1110. The van der Waals surface area contributed by atoms with Gasteiger partial charge in [-0.3, -0.25) is 9.59 Å². The van der Waals surface area contributed by atoms with Crippen molar-refractivity contribution in [3.8, 4) is 5.75 Å². The Labute approximate surface area is 170 Å². The Hall–Kier alpha value is -3.15. The molecule has 5 nitrogen and oxygen atoms in total. The summed E-state index contributed by atoms with van der Waals surface area (Å²) >= 11 is 11.9. The fraction of sp³-hybridized carbons (Fsp3) is 0. The second-order valence-electron chi connectivity index (χ2n) is 5.97. The number of hydrogen-bond donors (Lipinski definition) is 0. The van der Waals surface area contributed by atoms with Gasteiger partial charge >= 0.3 is 5.97 Å². The maximum atomic E-state index is 12.7. The zero-order chi connectivity index (χ0) is 19.8. The van der Waals surface area contributed by atoms with Crippen molar-refractivity contribution in [2.75, 3.05) is 4.90 Å². The highest BCUT2D eigenvalue weighted by Crippen LogP contribution is 2.35. The van der Waals surface area contributed by atoms with E-state index in [1.807, 2.05) is 0 Å². The Morgan fingerprint density at radius 3 is 2.07 bits per heavy atom. The van der Waals surface area contributed by atoms with Crippen LogP contribution in [0.15, 0.2) is 66.7 Å². The van der Waals surface area contributed by atoms with Crippen molar-refractivity contribution in [2.24, 2.45) is 0 Å². The molecule has 3 aromatic carbocycles. The van der Waals surface area contributed by atoms with E-state index in [1.165, 1.54) is 30.3 Å². The van der Waals surface area contributed by atoms with E-state index in [0.29, 0.717) is 16.1 Å². The molecule has 7 heteroatoms. The predicted molar refractivity (Wildman–Crippen MR) is 105 cm³/mol. The molecule has 0 N–H and O–H groups in total. The highest BCUT2D eigenvalue weighted by Gasteiger charge is 2.38. The lowest BCUT2D eigenvalue weighted by molar-refractivity contribution is 0.0732. The van der Waals surface area contributed by atoms with E-state index in [9.17, 15) is 14.4 Å². The van der Waals surface area contributed by atoms with Gasteiger partial charge in [-0.25, -0.2) is 9.69 Å². The van der Waals surface area contributed by atoms with Crippen LogP contribution in [0.4, 0.5) is 5.69 Å². The number of carbonyl (C=O) groups excluding carboxylic acids is 3. The van der Waals surface area contributed by atoms with Crippen LogP contribution in [0.25, 0.3) is 0 Å². The largest absolute Gasteiger partial charge is 0.421 e. The minimum absolute atomic E-state index is 0.0630. The molecule has 4 rings (SSSR count). The first kappa shape index (κ1) is 18.2. The molecule has 1 aliphatic heterocycles. The third-order valence-corrected chi connectivity index (χ3v) is 4.80. The molecular formula is C21H11Cl2NO4. The Morgan fingerprint density at radius 2 is 1.43 bits per heavy atom. The van der Waals surface area contributed by atoms with Crippen molar-refractivity contribution in [3.05, 3.63) is 93.5 Å². The van der Waals surface area contributed by atoms with Gasteiger partial charge in [-0.1, -0.05) is 47.5 Å². The quantitative estimate of drug-likeness (QED) is 0.345. The van der Waals surface area contributed by atoms with Crippen LogP contribution in [0, 0.1) is 0 Å². The Kier molecular flexibility index (Phi) is 4.63. The zero-order valence-corrected chi connectivity index (χ0v) is 15.7. The summed E-state index contributed by atoms with van der Waals surface area (Å²) in [6.45, 7) is 0. The first-order chi connectivity index (χ1) is 13.5. The molecule has 0 saturated carbocycles. The lowest BCUT2D eigenvalue weighted by Crippen LogP contribution is -2.30. The number of benzene rings is 3. The third-order valence-electron chi connectivity index (χ3n) is 4.25. The minimum atomic E-state index is -0.731. The molecule has 3 aromatic rings. The third kappa shape index (κ3) is 3.05. The molecule has 28 heavy (non-hydrogen) atoms. The molecule has 0 spiro atoms. The number of hydrogen-bond acceptors (Lipinski definition) is 4. The van der Waals surface area contributed by atoms with Crippen molar-refractivity contribution in [3.63, 3.8) is 0 Å². The van der Waals surface area contributed by atoms with Gasteiger partial charge in [-0.05, 0) is 42.5 Å². The average Bonchev–Trinajstić information content (AvgIpc) is 2.93. The number of fused-ring (bicyclic) bond motifs is 1. The monoisotopic (exact) mass is 411 g/mol. The number of carbonyl (C=O) groups is 3. The number of ether oxygens (including phenoxy) is 1. The van der Waals surface area contributed by atoms with Crippen LogP contribution in [0.1, 0.15) is 31.1 Å². The standard InChI is InChI=1S/C21H11Cl2NO4/c22-12-9-10-15(16(23)11-12)21(27)28-18-8-4-3-7-17(18)24-19(25)13-5-1-2-6-14(13)20(24)26/h1-11H. The molecule has 0 radical (unpaired) electrons. The molecule has 0 atom stereocenters. The van der Waals surface area contributed by atoms with Crippen LogP contribution in [0.2, 0.25) is 10.0 Å². The summed E-state index contributed by atoms with van der Waals surface area (Å²) in [5.41, 5.74) is 0.888. The van der Waals surface area contributed by atoms with Crippen LogP contribution in [0.5, 0.6) is 5.75 Å². The summed E-state index contributed by atoms with van der Waals surface area (Å²) < 4.78 is 5.45. The fourth-order valence-electron chi connectivity index (χ4n) is 2.95. The van der Waals surface area contributed by atoms with Gasteiger partial charge in [0.05, 0.1) is 27.4 Å². The fourth-order valence-corrected chi connectivity index (χ4v) is 3.43. The number of imide groups is 1. The van der Waals surface area contributed by atoms with Gasteiger partial charge in [0.1, 0.15) is 0 Å². The molecule has 0 fully saturated rings. The van der Waals surface area contributed by atoms with Gasteiger partial charge in [-0.2, -0.15) is 0 Å². The Balaban J connectivity index is 1.70. The summed E-state index contributed by atoms with van der Waals surface area (Å²) in [4.78, 5) is 39.0. The van der Waals surface area contributed by atoms with E-state index in [0.717, 1.165) is 4.90 Å². The maximum absolute atomic E-state index is 12.7. The number of esters is 1. The zero-order valence-electron chi connectivity index (χ0n) is 14.2. The van der Waals surface area contributed by atoms with Crippen molar-refractivity contribution in [1.29, 1.82) is 0 Å². The van der Waals surface area contributed by atoms with Crippen LogP contribution in [0.3, 0.4) is 0 Å². The summed E-state index contributed by atoms with van der Waals surface area (Å²) in [5.74, 6) is -1.62. The molecule has 1 aliphatic rings. The summed E-state index contributed by atoms with van der Waals surface area (Å²) in [6.07, 6.45) is 0. The maximum Gasteiger partial charge on any atom is 0.345 e. The normalized spacial score (nSPS) is 12.9. The second kappa shape index (κ2) is 7.11. The number of rotatable bonds is 3. The first-order valence-corrected chi connectivity index (χ1v) is 8.97. The number of anilines is 1. The van der Waals surface area contributed by atoms with Crippen LogP contribution >= 0.6 is 23.2 Å². The molecule has 0 saturated heterocycles. The summed E-state index contributed by atoms with van der Waals surface area (Å²) in [5, 5.41) is 0.517. The second-order valence-corrected chi connectivity index (χ2v) is 6.82. The number of halogens is 2. The van der Waals surface area contributed by atoms with Gasteiger partial charge < -0.3 is 4.74 Å². The van der Waals surface area contributed by atoms with E-state index >= 15 is 0 Å². The highest BCUT2D eigenvalue weighted by atomic mass is 35.5. The number of nitrogens with zero attached hydrogens (tertiary/aromatic N) is 1. The SMILES string of the molecule is O=C(Oc1ccccc1N1C(=O)c2ccccc2C1=O)c1ccc(Cl)cc1Cl. The topological polar surface area (TPSA) is 63.7 Å². The molecule has 0 bridgehead atoms. The van der Waals surface area contributed by atoms with Crippen molar-refractivity contribution in [2.45, 2.75) is 0 Å². The van der Waals surface area contributed by atoms with Crippen LogP contribution in [-0.4, -0.2) is 17.8 Å². The van der Waals surface area contributed by atoms with Crippen molar-refractivity contribution >= 4 is 46.7 Å². The van der Waals surface area contributed by atoms with Crippen LogP contribution in [-0.2, 0) is 0 Å². The molecule has 0 aromatic heterocycles. The summed E-state index contributed by atoms with van der Waals surface area (Å²) in [7, 11) is 0. The van der Waals surface area contributed by atoms with E-state index in [1.54, 1.807) is 36.4 Å². The molecule has 0 aliphatic carbocycles. The molecule has 2 amide bonds. The number of amides is 2. The predicted octanol–water partition coefficient (Wildman–Crippen LogP) is 5.01. The van der Waals surface area contributed by atoms with Gasteiger partial charge in [0.15, 0.2) is 5.75 Å². The van der Waals surface area contributed by atoms with E-state index in [2.05, 4.69) is 0 Å². The average molecular weight is 412 g/mol. The Morgan fingerprint density at radius 1 is 0.821 bits per heavy atom. The molecule has 0 unspecified atom stereocenters. The molecule has 1 heterocycles. The molecule has 138 valence electrons. The highest BCUT2D eigenvalue weighted by molar-refractivity contribution is 6.37. The van der Waals surface area contributed by atoms with E-state index in [-0.39, 0.29) is 22.0 Å². The first-order valence-electron chi connectivity index (χ1n) is 8.21. The van der Waals surface area contributed by atoms with Crippen LogP contribution < -0.4 is 9.64 Å². The van der Waals surface area contributed by atoms with Crippen molar-refractivity contribution < 1.29 is 19.1 Å². The lowest BCUT2D eigenvalue weighted by atomic mass is 10.1. The minimum Gasteiger partial charge on any atom is -0.421 e. The van der Waals surface area contributed by atoms with Gasteiger partial charge in [0.2, 0.25) is 0 Å². The number of para-hydroxylation sites is 2. The molecular weight excluding hydrogens is 401 g/mol. The van der Waals surface area contributed by atoms with E-state index in [4.69, 9.17) is 27.9 Å². The lowest BCUT2D eigenvalue weighted by Gasteiger charge is -2.17. The van der Waals surface area contributed by atoms with Gasteiger partial charge in [0.25, 0.3) is 11.8 Å². The van der Waals surface area contributed by atoms with Gasteiger partial charge in [0, 0.05) is 5.02 Å². The van der Waals surface area contributed by atoms with E-state index < -0.39 is 17.8 Å². The smallest absolute Gasteiger partial charge is 0.345 e. The van der Waals surface area contributed by atoms with Crippen molar-refractivity contribution in [1.82, 2.24) is 0 Å². The van der Waals surface area contributed by atoms with Gasteiger partial charge in [-0.15, -0.1) is 0 Å².